The lowest BCUT2D eigenvalue weighted by molar-refractivity contribution is -0.133. The number of halogens is 6. The van der Waals surface area contributed by atoms with Gasteiger partial charge in [0, 0.05) is 36.9 Å². The van der Waals surface area contributed by atoms with Crippen LogP contribution in [0.3, 0.4) is 0 Å². The third kappa shape index (κ3) is 6.44. The lowest BCUT2D eigenvalue weighted by atomic mass is 9.96. The van der Waals surface area contributed by atoms with Gasteiger partial charge in [0.2, 0.25) is 23.1 Å². The molecule has 14 heteroatoms. The Morgan fingerprint density at radius 3 is 2.02 bits per heavy atom. The summed E-state index contributed by atoms with van der Waals surface area (Å²) in [7, 11) is 0. The first-order chi connectivity index (χ1) is 21.9. The number of hydrogen-bond acceptors (Lipinski definition) is 8. The van der Waals surface area contributed by atoms with E-state index in [4.69, 9.17) is 4.74 Å². The van der Waals surface area contributed by atoms with Gasteiger partial charge in [0.05, 0.1) is 15.1 Å². The number of esters is 2. The lowest BCUT2D eigenvalue weighted by Gasteiger charge is -2.26. The van der Waals surface area contributed by atoms with Crippen molar-refractivity contribution < 1.29 is 54.9 Å². The van der Waals surface area contributed by atoms with Gasteiger partial charge >= 0.3 is 11.9 Å². The summed E-state index contributed by atoms with van der Waals surface area (Å²) in [6.45, 7) is 4.61. The van der Waals surface area contributed by atoms with Gasteiger partial charge in [-0.2, -0.15) is 8.78 Å². The molecule has 1 fully saturated rings. The first-order valence-corrected chi connectivity index (χ1v) is 14.9. The van der Waals surface area contributed by atoms with Crippen molar-refractivity contribution in [2.75, 3.05) is 26.2 Å². The summed E-state index contributed by atoms with van der Waals surface area (Å²) in [6, 6.07) is 5.80. The Kier molecular flexibility index (Phi) is 9.68. The first-order valence-electron chi connectivity index (χ1n) is 14.1. The number of likely N-dealkylation sites (tertiary alicyclic amines) is 1. The zero-order valence-corrected chi connectivity index (χ0v) is 25.2. The number of nitrogens with zero attached hydrogens (tertiary/aromatic N) is 1. The molecular weight excluding hydrogens is 640 g/mol. The second-order valence-corrected chi connectivity index (χ2v) is 11.5. The molecule has 0 N–H and O–H groups in total. The van der Waals surface area contributed by atoms with E-state index >= 15 is 17.6 Å². The van der Waals surface area contributed by atoms with Crippen molar-refractivity contribution in [3.8, 4) is 27.7 Å². The SMILES string of the molecule is CC(=O)Oc1c(F)cc(-c2sc3c(F)c(OC(C)=O)c(F)c(F)c3c2C(=O)c2ccc(OCCN3CCCCC3)cc2)c(F)c1F. The van der Waals surface area contributed by atoms with Crippen LogP contribution in [0.4, 0.5) is 26.3 Å². The van der Waals surface area contributed by atoms with Crippen LogP contribution in [-0.2, 0) is 9.59 Å². The topological polar surface area (TPSA) is 82.1 Å². The summed E-state index contributed by atoms with van der Waals surface area (Å²) in [5, 5.41) is -0.970. The maximum Gasteiger partial charge on any atom is 0.308 e. The molecule has 0 aliphatic carbocycles. The molecule has 0 radical (unpaired) electrons. The quantitative estimate of drug-likeness (QED) is 0.0608. The van der Waals surface area contributed by atoms with Crippen LogP contribution in [0.1, 0.15) is 49.0 Å². The predicted molar refractivity (Wildman–Crippen MR) is 155 cm³/mol. The van der Waals surface area contributed by atoms with E-state index < -0.39 is 90.2 Å². The van der Waals surface area contributed by atoms with Crippen LogP contribution < -0.4 is 14.2 Å². The average molecular weight is 666 g/mol. The van der Waals surface area contributed by atoms with Crippen molar-refractivity contribution in [1.82, 2.24) is 4.90 Å². The van der Waals surface area contributed by atoms with Gasteiger partial charge in [-0.25, -0.2) is 17.6 Å². The molecule has 4 aromatic rings. The van der Waals surface area contributed by atoms with Gasteiger partial charge in [-0.1, -0.05) is 6.42 Å². The van der Waals surface area contributed by atoms with E-state index in [9.17, 15) is 23.2 Å². The number of piperidine rings is 1. The fourth-order valence-electron chi connectivity index (χ4n) is 5.15. The Bertz CT molecular complexity index is 1850. The molecule has 242 valence electrons. The third-order valence-electron chi connectivity index (χ3n) is 7.24. The largest absolute Gasteiger partial charge is 0.492 e. The molecule has 0 spiro atoms. The highest BCUT2D eigenvalue weighted by Gasteiger charge is 2.34. The van der Waals surface area contributed by atoms with Crippen molar-refractivity contribution in [1.29, 1.82) is 0 Å². The summed E-state index contributed by atoms with van der Waals surface area (Å²) < 4.78 is 105. The highest BCUT2D eigenvalue weighted by Crippen LogP contribution is 2.47. The van der Waals surface area contributed by atoms with Crippen LogP contribution in [0, 0.1) is 34.9 Å². The standard InChI is InChI=1S/C32H25F6NO6S/c1-15(40)44-29-20(33)14-19(23(34)25(29)36)31-22(21-24(35)26(37)30(45-16(2)41)27(38)32(21)46-31)28(42)17-6-8-18(9-7-17)43-13-12-39-10-4-3-5-11-39/h6-9,14H,3-5,10-13H2,1-2H3. The van der Waals surface area contributed by atoms with Gasteiger partial charge in [0.15, 0.2) is 29.1 Å². The summed E-state index contributed by atoms with van der Waals surface area (Å²) >= 11 is 0.166. The van der Waals surface area contributed by atoms with Gasteiger partial charge in [0.1, 0.15) is 12.4 Å². The van der Waals surface area contributed by atoms with Gasteiger partial charge < -0.3 is 14.2 Å². The molecule has 7 nitrogen and oxygen atoms in total. The van der Waals surface area contributed by atoms with Gasteiger partial charge in [-0.15, -0.1) is 11.3 Å². The summed E-state index contributed by atoms with van der Waals surface area (Å²) in [4.78, 5) is 38.2. The maximum atomic E-state index is 15.6. The van der Waals surface area contributed by atoms with Crippen molar-refractivity contribution in [3.63, 3.8) is 0 Å². The highest BCUT2D eigenvalue weighted by molar-refractivity contribution is 7.23. The Labute approximate surface area is 262 Å². The fourth-order valence-corrected chi connectivity index (χ4v) is 6.38. The molecule has 2 heterocycles. The second kappa shape index (κ2) is 13.5. The maximum absolute atomic E-state index is 15.6. The molecule has 0 saturated carbocycles. The van der Waals surface area contributed by atoms with Gasteiger partial charge in [-0.05, 0) is 56.3 Å². The molecule has 5 rings (SSSR count). The zero-order chi connectivity index (χ0) is 33.3. The summed E-state index contributed by atoms with van der Waals surface area (Å²) in [5.41, 5.74) is -1.95. The van der Waals surface area contributed by atoms with E-state index in [0.29, 0.717) is 25.0 Å². The van der Waals surface area contributed by atoms with Crippen LogP contribution in [0.25, 0.3) is 20.5 Å². The molecule has 1 saturated heterocycles. The number of hydrogen-bond donors (Lipinski definition) is 0. The minimum atomic E-state index is -1.96. The molecule has 1 aromatic heterocycles. The molecule has 0 bridgehead atoms. The molecular formula is C32H25F6NO6S. The fraction of sp³-hybridized carbons (Fsp3) is 0.281. The van der Waals surface area contributed by atoms with Crippen LogP contribution in [0.5, 0.6) is 17.2 Å². The Morgan fingerprint density at radius 1 is 0.783 bits per heavy atom. The van der Waals surface area contributed by atoms with Crippen molar-refractivity contribution in [2.45, 2.75) is 33.1 Å². The zero-order valence-electron chi connectivity index (χ0n) is 24.4. The van der Waals surface area contributed by atoms with Crippen LogP contribution in [0.15, 0.2) is 30.3 Å². The van der Waals surface area contributed by atoms with Crippen molar-refractivity contribution in [2.24, 2.45) is 0 Å². The number of benzene rings is 3. The molecule has 3 aromatic carbocycles. The molecule has 0 amide bonds. The number of carbonyl (C=O) groups is 3. The van der Waals surface area contributed by atoms with Gasteiger partial charge in [0.25, 0.3) is 0 Å². The Balaban J connectivity index is 1.61. The van der Waals surface area contributed by atoms with Crippen molar-refractivity contribution in [3.05, 3.63) is 76.4 Å². The van der Waals surface area contributed by atoms with Crippen LogP contribution in [0.2, 0.25) is 0 Å². The smallest absolute Gasteiger partial charge is 0.308 e. The average Bonchev–Trinajstić information content (AvgIpc) is 3.43. The molecule has 1 aliphatic heterocycles. The monoisotopic (exact) mass is 665 g/mol. The normalized spacial score (nSPS) is 13.6. The Morgan fingerprint density at radius 2 is 1.39 bits per heavy atom. The van der Waals surface area contributed by atoms with E-state index in [1.807, 2.05) is 0 Å². The highest BCUT2D eigenvalue weighted by atomic mass is 32.1. The molecule has 0 atom stereocenters. The number of ketones is 1. The minimum absolute atomic E-state index is 0.161. The molecule has 46 heavy (non-hydrogen) atoms. The van der Waals surface area contributed by atoms with E-state index in [1.165, 1.54) is 30.7 Å². The van der Waals surface area contributed by atoms with E-state index in [2.05, 4.69) is 14.4 Å². The number of fused-ring (bicyclic) bond motifs is 1. The minimum Gasteiger partial charge on any atom is -0.492 e. The lowest BCUT2D eigenvalue weighted by Crippen LogP contribution is -2.33. The third-order valence-corrected chi connectivity index (χ3v) is 8.46. The number of carbonyl (C=O) groups excluding carboxylic acids is 3. The Hall–Kier alpha value is -4.43. The number of rotatable bonds is 9. The van der Waals surface area contributed by atoms with E-state index in [0.717, 1.165) is 39.8 Å². The molecule has 0 unspecified atom stereocenters. The second-order valence-electron chi connectivity index (χ2n) is 10.4. The number of thiophene rings is 1. The van der Waals surface area contributed by atoms with E-state index in [1.54, 1.807) is 0 Å². The predicted octanol–water partition coefficient (Wildman–Crippen LogP) is 7.35. The summed E-state index contributed by atoms with van der Waals surface area (Å²) in [6.07, 6.45) is 3.39. The van der Waals surface area contributed by atoms with Crippen LogP contribution >= 0.6 is 11.3 Å². The van der Waals surface area contributed by atoms with Gasteiger partial charge in [-0.3, -0.25) is 19.3 Å². The van der Waals surface area contributed by atoms with Crippen molar-refractivity contribution >= 4 is 39.1 Å². The van der Waals surface area contributed by atoms with E-state index in [-0.39, 0.29) is 16.9 Å². The first kappa shape index (κ1) is 32.9. The van der Waals surface area contributed by atoms with Crippen LogP contribution in [-0.4, -0.2) is 48.9 Å². The molecule has 1 aliphatic rings. The summed E-state index contributed by atoms with van der Waals surface area (Å²) in [5.74, 6) is -16.6. The number of ether oxygens (including phenoxy) is 3.